The van der Waals surface area contributed by atoms with Crippen LogP contribution >= 0.6 is 15.9 Å². The topological polar surface area (TPSA) is 56.7 Å². The highest BCUT2D eigenvalue weighted by molar-refractivity contribution is 9.09. The summed E-state index contributed by atoms with van der Waals surface area (Å²) in [6, 6.07) is 12.2. The van der Waals surface area contributed by atoms with Gasteiger partial charge in [0.1, 0.15) is 5.69 Å². The number of hydrogen-bond acceptors (Lipinski definition) is 4. The minimum atomic E-state index is -0.207. The van der Waals surface area contributed by atoms with Crippen LogP contribution in [0.25, 0.3) is 11.5 Å². The van der Waals surface area contributed by atoms with Crippen LogP contribution in [-0.2, 0) is 12.5 Å². The van der Waals surface area contributed by atoms with E-state index >= 15 is 0 Å². The molecule has 1 aliphatic carbocycles. The lowest BCUT2D eigenvalue weighted by Gasteiger charge is -2.10. The Balaban J connectivity index is 1.75. The van der Waals surface area contributed by atoms with E-state index in [2.05, 4.69) is 43.3 Å². The van der Waals surface area contributed by atoms with E-state index in [1.165, 1.54) is 5.56 Å². The van der Waals surface area contributed by atoms with Crippen molar-refractivity contribution in [3.8, 4) is 11.5 Å². The summed E-state index contributed by atoms with van der Waals surface area (Å²) in [5, 5.41) is 8.39. The Morgan fingerprint density at radius 1 is 1.29 bits per heavy atom. The molecule has 2 atom stereocenters. The van der Waals surface area contributed by atoms with E-state index in [9.17, 15) is 0 Å². The van der Waals surface area contributed by atoms with E-state index in [4.69, 9.17) is 4.52 Å². The molecular formula is C15H13BrN4O. The van der Waals surface area contributed by atoms with Gasteiger partial charge in [0.2, 0.25) is 11.7 Å². The van der Waals surface area contributed by atoms with Crippen LogP contribution in [0.1, 0.15) is 17.9 Å². The van der Waals surface area contributed by atoms with Gasteiger partial charge in [0.05, 0.1) is 5.41 Å². The standard InChI is InChI=1S/C15H13BrN4O/c1-20-8-7-11(18-20)13-17-14(21-19-13)15(9-12(15)16)10-5-3-2-4-6-10/h2-8,12H,9H2,1H3. The van der Waals surface area contributed by atoms with Gasteiger partial charge in [-0.05, 0) is 18.1 Å². The van der Waals surface area contributed by atoms with Gasteiger partial charge in [-0.1, -0.05) is 51.4 Å². The van der Waals surface area contributed by atoms with Gasteiger partial charge in [0.25, 0.3) is 0 Å². The van der Waals surface area contributed by atoms with E-state index in [0.717, 1.165) is 12.1 Å². The zero-order valence-electron chi connectivity index (χ0n) is 11.4. The molecule has 1 aliphatic rings. The van der Waals surface area contributed by atoms with Crippen molar-refractivity contribution in [1.82, 2.24) is 19.9 Å². The monoisotopic (exact) mass is 344 g/mol. The Bertz CT molecular complexity index is 782. The van der Waals surface area contributed by atoms with Crippen molar-refractivity contribution in [2.75, 3.05) is 0 Å². The first-order chi connectivity index (χ1) is 10.2. The van der Waals surface area contributed by atoms with Gasteiger partial charge >= 0.3 is 0 Å². The molecule has 0 N–H and O–H groups in total. The van der Waals surface area contributed by atoms with Gasteiger partial charge in [0.15, 0.2) is 0 Å². The fourth-order valence-electron chi connectivity index (χ4n) is 2.65. The highest BCUT2D eigenvalue weighted by atomic mass is 79.9. The van der Waals surface area contributed by atoms with E-state index in [0.29, 0.717) is 16.5 Å². The summed E-state index contributed by atoms with van der Waals surface area (Å²) < 4.78 is 7.27. The third-order valence-electron chi connectivity index (χ3n) is 3.92. The third kappa shape index (κ3) is 1.93. The Kier molecular flexibility index (Phi) is 2.75. The minimum absolute atomic E-state index is 0.207. The second kappa shape index (κ2) is 4.53. The van der Waals surface area contributed by atoms with E-state index in [-0.39, 0.29) is 5.41 Å². The summed E-state index contributed by atoms with van der Waals surface area (Å²) in [6.45, 7) is 0. The number of nitrogens with zero attached hydrogens (tertiary/aromatic N) is 4. The zero-order valence-corrected chi connectivity index (χ0v) is 13.0. The average molecular weight is 345 g/mol. The molecule has 1 fully saturated rings. The molecule has 6 heteroatoms. The highest BCUT2D eigenvalue weighted by Gasteiger charge is 2.59. The highest BCUT2D eigenvalue weighted by Crippen LogP contribution is 2.57. The summed E-state index contributed by atoms with van der Waals surface area (Å²) in [7, 11) is 1.87. The fourth-order valence-corrected chi connectivity index (χ4v) is 3.62. The van der Waals surface area contributed by atoms with E-state index in [1.54, 1.807) is 4.68 Å². The summed E-state index contributed by atoms with van der Waals surface area (Å²) in [4.78, 5) is 4.89. The van der Waals surface area contributed by atoms with Gasteiger partial charge in [-0.2, -0.15) is 10.1 Å². The predicted octanol–water partition coefficient (Wildman–Crippen LogP) is 2.92. The van der Waals surface area contributed by atoms with Crippen LogP contribution < -0.4 is 0 Å². The lowest BCUT2D eigenvalue weighted by Crippen LogP contribution is -2.12. The first-order valence-electron chi connectivity index (χ1n) is 6.74. The van der Waals surface area contributed by atoms with Gasteiger partial charge in [-0.3, -0.25) is 4.68 Å². The van der Waals surface area contributed by atoms with Crippen LogP contribution in [-0.4, -0.2) is 24.7 Å². The molecule has 1 saturated carbocycles. The Labute approximate surface area is 130 Å². The maximum absolute atomic E-state index is 5.54. The summed E-state index contributed by atoms with van der Waals surface area (Å²) in [5.41, 5.74) is 1.71. The van der Waals surface area contributed by atoms with Crippen molar-refractivity contribution < 1.29 is 4.52 Å². The first kappa shape index (κ1) is 12.8. The fraction of sp³-hybridized carbons (Fsp3) is 0.267. The number of aryl methyl sites for hydroxylation is 1. The van der Waals surface area contributed by atoms with Crippen molar-refractivity contribution >= 4 is 15.9 Å². The van der Waals surface area contributed by atoms with Crippen molar-refractivity contribution in [3.63, 3.8) is 0 Å². The molecule has 1 aromatic carbocycles. The van der Waals surface area contributed by atoms with Crippen LogP contribution in [0.3, 0.4) is 0 Å². The second-order valence-electron chi connectivity index (χ2n) is 5.31. The molecule has 21 heavy (non-hydrogen) atoms. The van der Waals surface area contributed by atoms with Crippen LogP contribution in [0.4, 0.5) is 0 Å². The smallest absolute Gasteiger partial charge is 0.238 e. The number of hydrogen-bond donors (Lipinski definition) is 0. The third-order valence-corrected chi connectivity index (χ3v) is 5.02. The molecule has 0 radical (unpaired) electrons. The quantitative estimate of drug-likeness (QED) is 0.685. The molecule has 0 aliphatic heterocycles. The molecule has 0 spiro atoms. The van der Waals surface area contributed by atoms with Gasteiger partial charge in [0, 0.05) is 18.1 Å². The van der Waals surface area contributed by atoms with Crippen LogP contribution in [0.2, 0.25) is 0 Å². The lowest BCUT2D eigenvalue weighted by molar-refractivity contribution is 0.361. The maximum Gasteiger partial charge on any atom is 0.238 e. The Hall–Kier alpha value is -1.95. The summed E-state index contributed by atoms with van der Waals surface area (Å²) in [5.74, 6) is 1.18. The predicted molar refractivity (Wildman–Crippen MR) is 81.1 cm³/mol. The number of rotatable bonds is 3. The molecule has 0 amide bonds. The Morgan fingerprint density at radius 2 is 2.05 bits per heavy atom. The van der Waals surface area contributed by atoms with Crippen molar-refractivity contribution in [2.45, 2.75) is 16.7 Å². The molecule has 2 aromatic heterocycles. The van der Waals surface area contributed by atoms with Crippen LogP contribution in [0, 0.1) is 0 Å². The average Bonchev–Trinajstić information content (AvgIpc) is 2.87. The summed E-state index contributed by atoms with van der Waals surface area (Å²) >= 11 is 3.70. The van der Waals surface area contributed by atoms with E-state index < -0.39 is 0 Å². The maximum atomic E-state index is 5.54. The SMILES string of the molecule is Cn1ccc(-c2noc(C3(c4ccccc4)CC3Br)n2)n1. The van der Waals surface area contributed by atoms with Crippen LogP contribution in [0.5, 0.6) is 0 Å². The molecule has 0 bridgehead atoms. The van der Waals surface area contributed by atoms with Gasteiger partial charge in [-0.15, -0.1) is 0 Å². The van der Waals surface area contributed by atoms with Crippen LogP contribution in [0.15, 0.2) is 47.1 Å². The molecule has 106 valence electrons. The molecule has 0 saturated heterocycles. The zero-order chi connectivity index (χ0) is 14.4. The lowest BCUT2D eigenvalue weighted by atomic mass is 9.96. The number of aromatic nitrogens is 4. The normalized spacial score (nSPS) is 24.2. The Morgan fingerprint density at radius 3 is 2.67 bits per heavy atom. The van der Waals surface area contributed by atoms with Crippen molar-refractivity contribution in [1.29, 1.82) is 0 Å². The largest absolute Gasteiger partial charge is 0.338 e. The minimum Gasteiger partial charge on any atom is -0.338 e. The van der Waals surface area contributed by atoms with Crippen molar-refractivity contribution in [2.24, 2.45) is 7.05 Å². The molecule has 2 heterocycles. The molecule has 4 rings (SSSR count). The second-order valence-corrected chi connectivity index (χ2v) is 6.41. The molecule has 5 nitrogen and oxygen atoms in total. The number of halogens is 1. The number of benzene rings is 1. The number of alkyl halides is 1. The molecule has 3 aromatic rings. The van der Waals surface area contributed by atoms with Crippen molar-refractivity contribution in [3.05, 3.63) is 54.0 Å². The molecular weight excluding hydrogens is 332 g/mol. The summed E-state index contributed by atoms with van der Waals surface area (Å²) in [6.07, 6.45) is 2.82. The van der Waals surface area contributed by atoms with E-state index in [1.807, 2.05) is 37.5 Å². The molecule has 2 unspecified atom stereocenters. The van der Waals surface area contributed by atoms with Gasteiger partial charge in [-0.25, -0.2) is 0 Å². The van der Waals surface area contributed by atoms with Gasteiger partial charge < -0.3 is 4.52 Å². The first-order valence-corrected chi connectivity index (χ1v) is 7.65.